The van der Waals surface area contributed by atoms with Crippen molar-refractivity contribution < 1.29 is 42.4 Å². The summed E-state index contributed by atoms with van der Waals surface area (Å²) in [7, 11) is 2.90. The zero-order valence-electron chi connectivity index (χ0n) is 24.9. The van der Waals surface area contributed by atoms with Crippen molar-refractivity contribution in [3.8, 4) is 11.5 Å². The van der Waals surface area contributed by atoms with E-state index >= 15 is 4.39 Å². The van der Waals surface area contributed by atoms with E-state index in [-0.39, 0.29) is 34.1 Å². The van der Waals surface area contributed by atoms with Gasteiger partial charge in [0.2, 0.25) is 5.96 Å². The molecule has 2 aliphatic rings. The first-order valence-corrected chi connectivity index (χ1v) is 13.9. The number of aliphatic carboxylic acids is 1. The molecule has 13 heteroatoms. The number of guanidine groups is 1. The number of carbonyl (C=O) groups is 1. The molecule has 2 heterocycles. The van der Waals surface area contributed by atoms with E-state index in [1.807, 2.05) is 43.0 Å². The van der Waals surface area contributed by atoms with Gasteiger partial charge in [0.05, 0.1) is 37.9 Å². The number of hydrogen-bond acceptors (Lipinski definition) is 7. The summed E-state index contributed by atoms with van der Waals surface area (Å²) in [5, 5.41) is 9.83. The number of benzene rings is 3. The number of nitrogens with zero attached hydrogens (tertiary/aromatic N) is 4. The first kappa shape index (κ1) is 34.0. The van der Waals surface area contributed by atoms with E-state index in [4.69, 9.17) is 9.47 Å². The minimum absolute atomic E-state index is 0. The summed E-state index contributed by atoms with van der Waals surface area (Å²) in [6, 6.07) is 13.7. The van der Waals surface area contributed by atoms with Crippen LogP contribution in [0.4, 0.5) is 34.6 Å². The van der Waals surface area contributed by atoms with E-state index in [1.54, 1.807) is 13.2 Å². The molecule has 3 aromatic carbocycles. The summed E-state index contributed by atoms with van der Waals surface area (Å²) >= 11 is 0. The fourth-order valence-electron chi connectivity index (χ4n) is 5.24. The standard InChI is InChI=1S/C29H28F4N4O4.C2H6.H2O/c1-40-20-6-3-5-19(16-20)35-11-13-36(14-12-35)28-34-27-21(7-4-8-22(27)30)23(17-26(38)39)37(28)24-15-18(29(31,32)33)9-10-25(24)41-2;1-2;/h3-10,15-16,23H,11-14,17H2,1-2H3,(H,38,39);1-2H3;1H2/t23-;;/m0../s1. The van der Waals surface area contributed by atoms with Gasteiger partial charge < -0.3 is 34.8 Å². The second kappa shape index (κ2) is 14.3. The van der Waals surface area contributed by atoms with Crippen molar-refractivity contribution in [2.24, 2.45) is 4.99 Å². The van der Waals surface area contributed by atoms with Crippen molar-refractivity contribution in [3.05, 3.63) is 77.6 Å². The highest BCUT2D eigenvalue weighted by molar-refractivity contribution is 6.02. The van der Waals surface area contributed by atoms with Gasteiger partial charge in [0.15, 0.2) is 0 Å². The second-order valence-electron chi connectivity index (χ2n) is 9.63. The average Bonchev–Trinajstić information content (AvgIpc) is 3.01. The first-order chi connectivity index (χ1) is 20.6. The quantitative estimate of drug-likeness (QED) is 0.342. The Morgan fingerprint density at radius 1 is 0.955 bits per heavy atom. The van der Waals surface area contributed by atoms with Gasteiger partial charge in [-0.05, 0) is 36.4 Å². The summed E-state index contributed by atoms with van der Waals surface area (Å²) in [6.07, 6.45) is -5.18. The highest BCUT2D eigenvalue weighted by Crippen LogP contribution is 2.46. The van der Waals surface area contributed by atoms with Crippen molar-refractivity contribution in [1.29, 1.82) is 0 Å². The first-order valence-electron chi connectivity index (χ1n) is 13.9. The van der Waals surface area contributed by atoms with Crippen LogP contribution < -0.4 is 19.3 Å². The van der Waals surface area contributed by atoms with Crippen LogP contribution in [0.15, 0.2) is 65.7 Å². The summed E-state index contributed by atoms with van der Waals surface area (Å²) in [6.45, 7) is 5.82. The molecule has 0 aromatic heterocycles. The van der Waals surface area contributed by atoms with Gasteiger partial charge in [0, 0.05) is 43.5 Å². The van der Waals surface area contributed by atoms with Crippen LogP contribution in [-0.2, 0) is 11.0 Å². The van der Waals surface area contributed by atoms with Gasteiger partial charge >= 0.3 is 12.1 Å². The van der Waals surface area contributed by atoms with Crippen LogP contribution >= 0.6 is 0 Å². The number of hydrogen-bond donors (Lipinski definition) is 1. The molecule has 0 saturated carbocycles. The number of halogens is 4. The predicted octanol–water partition coefficient (Wildman–Crippen LogP) is 5.91. The van der Waals surface area contributed by atoms with Crippen LogP contribution in [-0.4, -0.2) is 67.8 Å². The maximum atomic E-state index is 15.1. The van der Waals surface area contributed by atoms with Crippen LogP contribution in [0.3, 0.4) is 0 Å². The summed E-state index contributed by atoms with van der Waals surface area (Å²) in [5.74, 6) is -0.910. The lowest BCUT2D eigenvalue weighted by Gasteiger charge is -2.45. The molecule has 0 bridgehead atoms. The third-order valence-electron chi connectivity index (χ3n) is 7.23. The number of ether oxygens (including phenoxy) is 2. The van der Waals surface area contributed by atoms with E-state index in [0.717, 1.165) is 17.8 Å². The molecule has 238 valence electrons. The van der Waals surface area contributed by atoms with Gasteiger partial charge in [0.1, 0.15) is 23.0 Å². The van der Waals surface area contributed by atoms with Crippen molar-refractivity contribution in [2.75, 3.05) is 50.2 Å². The largest absolute Gasteiger partial charge is 0.497 e. The molecule has 1 atom stereocenters. The predicted molar refractivity (Wildman–Crippen MR) is 161 cm³/mol. The fraction of sp³-hybridized carbons (Fsp3) is 0.355. The Morgan fingerprint density at radius 3 is 2.23 bits per heavy atom. The highest BCUT2D eigenvalue weighted by Gasteiger charge is 2.40. The number of carboxylic acid groups (broad SMARTS) is 1. The molecule has 1 fully saturated rings. The second-order valence-corrected chi connectivity index (χ2v) is 9.63. The lowest BCUT2D eigenvalue weighted by Crippen LogP contribution is -2.55. The minimum atomic E-state index is -4.66. The van der Waals surface area contributed by atoms with Crippen LogP contribution in [0.25, 0.3) is 0 Å². The molecular weight excluding hydrogens is 584 g/mol. The lowest BCUT2D eigenvalue weighted by atomic mass is 9.96. The highest BCUT2D eigenvalue weighted by atomic mass is 19.4. The SMILES string of the molecule is CC.COc1cccc(N2CCN(C3=Nc4c(F)cccc4[C@H](CC(=O)O)N3c3cc(C(F)(F)F)ccc3OC)CC2)c1.O. The van der Waals surface area contributed by atoms with Gasteiger partial charge in [-0.1, -0.05) is 32.0 Å². The number of aliphatic imine (C=N–C) groups is 1. The molecule has 0 amide bonds. The Labute approximate surface area is 253 Å². The third-order valence-corrected chi connectivity index (χ3v) is 7.23. The molecular formula is C31H36F4N4O5. The smallest absolute Gasteiger partial charge is 0.416 e. The molecule has 0 spiro atoms. The van der Waals surface area contributed by atoms with E-state index in [1.165, 1.54) is 30.2 Å². The number of anilines is 2. The number of piperazine rings is 1. The summed E-state index contributed by atoms with van der Waals surface area (Å²) in [5.41, 5.74) is 0.204. The molecule has 3 aromatic rings. The van der Waals surface area contributed by atoms with Gasteiger partial charge in [-0.3, -0.25) is 4.79 Å². The van der Waals surface area contributed by atoms with Crippen LogP contribution in [0.2, 0.25) is 0 Å². The van der Waals surface area contributed by atoms with Gasteiger partial charge in [-0.15, -0.1) is 0 Å². The molecule has 5 rings (SSSR count). The lowest BCUT2D eigenvalue weighted by molar-refractivity contribution is -0.138. The monoisotopic (exact) mass is 620 g/mol. The third kappa shape index (κ3) is 6.99. The molecule has 3 N–H and O–H groups in total. The topological polar surface area (TPSA) is 109 Å². The zero-order chi connectivity index (χ0) is 31.3. The Balaban J connectivity index is 0.00000173. The summed E-state index contributed by atoms with van der Waals surface area (Å²) in [4.78, 5) is 22.0. The molecule has 0 aliphatic carbocycles. The average molecular weight is 621 g/mol. The van der Waals surface area contributed by atoms with Crippen molar-refractivity contribution >= 4 is 29.0 Å². The molecule has 1 saturated heterocycles. The van der Waals surface area contributed by atoms with Gasteiger partial charge in [0.25, 0.3) is 0 Å². The Morgan fingerprint density at radius 2 is 1.61 bits per heavy atom. The van der Waals surface area contributed by atoms with E-state index < -0.39 is 36.0 Å². The normalized spacial score (nSPS) is 16.1. The molecule has 0 radical (unpaired) electrons. The van der Waals surface area contributed by atoms with Gasteiger partial charge in [-0.2, -0.15) is 13.2 Å². The molecule has 0 unspecified atom stereocenters. The maximum absolute atomic E-state index is 15.1. The number of alkyl halides is 3. The van der Waals surface area contributed by atoms with E-state index in [9.17, 15) is 23.1 Å². The van der Waals surface area contributed by atoms with Crippen LogP contribution in [0, 0.1) is 5.82 Å². The number of para-hydroxylation sites is 1. The van der Waals surface area contributed by atoms with Gasteiger partial charge in [-0.25, -0.2) is 9.38 Å². The number of fused-ring (bicyclic) bond motifs is 1. The zero-order valence-corrected chi connectivity index (χ0v) is 24.9. The van der Waals surface area contributed by atoms with Crippen molar-refractivity contribution in [1.82, 2.24) is 4.90 Å². The maximum Gasteiger partial charge on any atom is 0.416 e. The number of carboxylic acids is 1. The Kier molecular flexibility index (Phi) is 11.0. The van der Waals surface area contributed by atoms with Crippen LogP contribution in [0.1, 0.15) is 37.4 Å². The fourth-order valence-corrected chi connectivity index (χ4v) is 5.24. The summed E-state index contributed by atoms with van der Waals surface area (Å²) < 4.78 is 67.3. The minimum Gasteiger partial charge on any atom is -0.497 e. The molecule has 2 aliphatic heterocycles. The molecule has 44 heavy (non-hydrogen) atoms. The van der Waals surface area contributed by atoms with Crippen molar-refractivity contribution in [2.45, 2.75) is 32.5 Å². The van der Waals surface area contributed by atoms with E-state index in [0.29, 0.717) is 31.9 Å². The van der Waals surface area contributed by atoms with E-state index in [2.05, 4.69) is 9.89 Å². The number of rotatable bonds is 6. The molecule has 9 nitrogen and oxygen atoms in total. The number of methoxy groups -OCH3 is 2. The van der Waals surface area contributed by atoms with Crippen LogP contribution in [0.5, 0.6) is 11.5 Å². The Hall–Kier alpha value is -4.52. The Bertz CT molecular complexity index is 1480. The van der Waals surface area contributed by atoms with Crippen molar-refractivity contribution in [3.63, 3.8) is 0 Å².